The monoisotopic (exact) mass is 398 g/mol. The van der Waals surface area contributed by atoms with Gasteiger partial charge in [-0.15, -0.1) is 0 Å². The highest BCUT2D eigenvalue weighted by Gasteiger charge is 2.22. The van der Waals surface area contributed by atoms with Crippen molar-refractivity contribution >= 4 is 40.5 Å². The van der Waals surface area contributed by atoms with Gasteiger partial charge in [0.05, 0.1) is 6.54 Å². The zero-order chi connectivity index (χ0) is 19.8. The van der Waals surface area contributed by atoms with Gasteiger partial charge in [0.25, 0.3) is 0 Å². The minimum atomic E-state index is -2.03. The van der Waals surface area contributed by atoms with Crippen LogP contribution >= 0.6 is 8.18 Å². The maximum absolute atomic E-state index is 12.7. The Morgan fingerprint density at radius 3 is 2.17 bits per heavy atom. The van der Waals surface area contributed by atoms with Crippen LogP contribution in [0.1, 0.15) is 18.1 Å². The maximum Gasteiger partial charge on any atom is 0.664 e. The van der Waals surface area contributed by atoms with Crippen molar-refractivity contribution in [1.29, 1.82) is 0 Å². The van der Waals surface area contributed by atoms with E-state index in [1.54, 1.807) is 0 Å². The fourth-order valence-corrected chi connectivity index (χ4v) is 4.84. The molecular weight excluding hydrogens is 377 g/mol. The third kappa shape index (κ3) is 3.23. The van der Waals surface area contributed by atoms with E-state index in [1.807, 2.05) is 24.3 Å². The van der Waals surface area contributed by atoms with E-state index in [0.717, 1.165) is 28.1 Å². The molecule has 5 aromatic carbocycles. The molecule has 5 aromatic rings. The third-order valence-electron chi connectivity index (χ3n) is 5.57. The Bertz CT molecular complexity index is 1330. The van der Waals surface area contributed by atoms with E-state index in [-0.39, 0.29) is 0 Å². The van der Waals surface area contributed by atoms with E-state index in [1.165, 1.54) is 21.7 Å². The molecule has 1 N–H and O–H groups in total. The summed E-state index contributed by atoms with van der Waals surface area (Å²) < 4.78 is 18.5. The van der Waals surface area contributed by atoms with Crippen LogP contribution in [-0.2, 0) is 17.5 Å². The number of aryl methyl sites for hydroxylation is 1. The average molecular weight is 398 g/mol. The molecule has 0 spiro atoms. The van der Waals surface area contributed by atoms with Crippen molar-refractivity contribution in [2.45, 2.75) is 19.9 Å². The summed E-state index contributed by atoms with van der Waals surface area (Å²) in [6.07, 6.45) is 0.949. The number of rotatable bonds is 6. The summed E-state index contributed by atoms with van der Waals surface area (Å²) in [5.74, 6) is 0.646. The van der Waals surface area contributed by atoms with Gasteiger partial charge in [0.15, 0.2) is 5.75 Å². The Kier molecular flexibility index (Phi) is 4.63. The Morgan fingerprint density at radius 1 is 0.759 bits per heavy atom. The van der Waals surface area contributed by atoms with E-state index in [0.29, 0.717) is 12.3 Å². The van der Waals surface area contributed by atoms with Gasteiger partial charge in [-0.05, 0) is 51.2 Å². The molecule has 0 aliphatic carbocycles. The quantitative estimate of drug-likeness (QED) is 0.248. The lowest BCUT2D eigenvalue weighted by atomic mass is 9.94. The van der Waals surface area contributed by atoms with Gasteiger partial charge >= 0.3 is 8.18 Å². The summed E-state index contributed by atoms with van der Waals surface area (Å²) >= 11 is 0. The number of benzene rings is 5. The topological polar surface area (TPSA) is 38.3 Å². The van der Waals surface area contributed by atoms with Crippen LogP contribution in [0.3, 0.4) is 0 Å². The Labute approximate surface area is 170 Å². The first kappa shape index (κ1) is 18.1. The molecule has 1 unspecified atom stereocenters. The summed E-state index contributed by atoms with van der Waals surface area (Å²) in [6.45, 7) is 2.64. The van der Waals surface area contributed by atoms with Crippen LogP contribution in [0, 0.1) is 0 Å². The van der Waals surface area contributed by atoms with Gasteiger partial charge in [-0.2, -0.15) is 0 Å². The SMILES string of the molecule is CCc1ccccc1CN[P+](=O)Oc1ccc2ccc3cccc4ccc1c2c34. The van der Waals surface area contributed by atoms with Gasteiger partial charge < -0.3 is 0 Å². The predicted molar refractivity (Wildman–Crippen MR) is 121 cm³/mol. The Morgan fingerprint density at radius 2 is 1.41 bits per heavy atom. The molecule has 0 aliphatic rings. The predicted octanol–water partition coefficient (Wildman–Crippen LogP) is 6.97. The molecule has 4 heteroatoms. The van der Waals surface area contributed by atoms with E-state index in [9.17, 15) is 4.57 Å². The van der Waals surface area contributed by atoms with E-state index in [2.05, 4.69) is 66.6 Å². The molecule has 1 atom stereocenters. The molecule has 29 heavy (non-hydrogen) atoms. The zero-order valence-corrected chi connectivity index (χ0v) is 17.1. The van der Waals surface area contributed by atoms with Crippen LogP contribution in [0.5, 0.6) is 5.75 Å². The molecular formula is C25H21NO2P+. The summed E-state index contributed by atoms with van der Waals surface area (Å²) in [5.41, 5.74) is 2.41. The molecule has 0 amide bonds. The standard InChI is InChI=1S/C25H21NO2P/c1-2-17-6-3-4-7-21(17)16-26-29(27)28-23-15-13-20-11-10-18-8-5-9-19-12-14-22(23)25(20)24(18)19/h3-15H,2,16H2,1H3,(H,26,27)/q+1. The van der Waals surface area contributed by atoms with Crippen LogP contribution in [0.25, 0.3) is 32.3 Å². The normalized spacial score (nSPS) is 12.1. The first-order chi connectivity index (χ1) is 14.2. The fraction of sp³-hybridized carbons (Fsp3) is 0.120. The van der Waals surface area contributed by atoms with Crippen molar-refractivity contribution in [2.24, 2.45) is 0 Å². The van der Waals surface area contributed by atoms with Crippen molar-refractivity contribution in [3.05, 3.63) is 90.0 Å². The van der Waals surface area contributed by atoms with Crippen molar-refractivity contribution in [3.8, 4) is 5.75 Å². The Balaban J connectivity index is 1.46. The summed E-state index contributed by atoms with van der Waals surface area (Å²) in [4.78, 5) is 0. The summed E-state index contributed by atoms with van der Waals surface area (Å²) in [5, 5.41) is 10.00. The molecule has 0 radical (unpaired) electrons. The molecule has 0 aliphatic heterocycles. The third-order valence-corrected chi connectivity index (χ3v) is 6.35. The summed E-state index contributed by atoms with van der Waals surface area (Å²) in [6, 6.07) is 26.9. The molecule has 0 saturated carbocycles. The first-order valence-corrected chi connectivity index (χ1v) is 11.0. The molecule has 5 rings (SSSR count). The van der Waals surface area contributed by atoms with E-state index >= 15 is 0 Å². The lowest BCUT2D eigenvalue weighted by Gasteiger charge is -2.11. The second kappa shape index (κ2) is 7.44. The second-order valence-corrected chi connectivity index (χ2v) is 8.24. The van der Waals surface area contributed by atoms with Gasteiger partial charge in [-0.25, -0.2) is 4.52 Å². The lowest BCUT2D eigenvalue weighted by molar-refractivity contribution is 0.494. The maximum atomic E-state index is 12.7. The molecule has 3 nitrogen and oxygen atoms in total. The molecule has 142 valence electrons. The lowest BCUT2D eigenvalue weighted by Crippen LogP contribution is -2.08. The molecule has 0 heterocycles. The van der Waals surface area contributed by atoms with Crippen LogP contribution in [0.15, 0.2) is 78.9 Å². The van der Waals surface area contributed by atoms with Gasteiger partial charge in [-0.1, -0.05) is 78.7 Å². The van der Waals surface area contributed by atoms with Crippen molar-refractivity contribution in [3.63, 3.8) is 0 Å². The van der Waals surface area contributed by atoms with Crippen molar-refractivity contribution in [1.82, 2.24) is 5.09 Å². The Hall–Kier alpha value is -3.00. The summed E-state index contributed by atoms with van der Waals surface area (Å²) in [7, 11) is -2.03. The first-order valence-electron chi connectivity index (χ1n) is 9.86. The van der Waals surface area contributed by atoms with Crippen LogP contribution < -0.4 is 9.61 Å². The highest BCUT2D eigenvalue weighted by molar-refractivity contribution is 7.37. The number of hydrogen-bond acceptors (Lipinski definition) is 2. The highest BCUT2D eigenvalue weighted by Crippen LogP contribution is 2.40. The molecule has 0 aromatic heterocycles. The van der Waals surface area contributed by atoms with E-state index < -0.39 is 8.18 Å². The van der Waals surface area contributed by atoms with Crippen molar-refractivity contribution < 1.29 is 9.09 Å². The van der Waals surface area contributed by atoms with Crippen molar-refractivity contribution in [2.75, 3.05) is 0 Å². The average Bonchev–Trinajstić information content (AvgIpc) is 2.77. The minimum absolute atomic E-state index is 0.519. The number of nitrogens with one attached hydrogen (secondary N) is 1. The van der Waals surface area contributed by atoms with E-state index in [4.69, 9.17) is 4.52 Å². The minimum Gasteiger partial charge on any atom is -0.239 e. The second-order valence-electron chi connectivity index (χ2n) is 7.23. The van der Waals surface area contributed by atoms with Gasteiger partial charge in [-0.3, -0.25) is 0 Å². The zero-order valence-electron chi connectivity index (χ0n) is 16.2. The smallest absolute Gasteiger partial charge is 0.239 e. The van der Waals surface area contributed by atoms with Crippen LogP contribution in [-0.4, -0.2) is 0 Å². The largest absolute Gasteiger partial charge is 0.664 e. The molecule has 0 bridgehead atoms. The fourth-order valence-electron chi connectivity index (χ4n) is 4.13. The van der Waals surface area contributed by atoms with Gasteiger partial charge in [0, 0.05) is 15.3 Å². The molecule has 0 saturated heterocycles. The van der Waals surface area contributed by atoms with Crippen LogP contribution in [0.2, 0.25) is 0 Å². The van der Waals surface area contributed by atoms with Crippen LogP contribution in [0.4, 0.5) is 0 Å². The van der Waals surface area contributed by atoms with Gasteiger partial charge in [0.1, 0.15) is 0 Å². The number of hydrogen-bond donors (Lipinski definition) is 1. The molecule has 0 fully saturated rings. The van der Waals surface area contributed by atoms with Gasteiger partial charge in [0.2, 0.25) is 0 Å². The highest BCUT2D eigenvalue weighted by atomic mass is 31.1.